The lowest BCUT2D eigenvalue weighted by atomic mass is 10.1. The molecular weight excluding hydrogens is 238 g/mol. The molecule has 0 atom stereocenters. The highest BCUT2D eigenvalue weighted by Crippen LogP contribution is 2.11. The summed E-state index contributed by atoms with van der Waals surface area (Å²) in [6.07, 6.45) is 6.26. The third kappa shape index (κ3) is 4.12. The number of sulfone groups is 1. The number of hydrogen-bond donors (Lipinski definition) is 1. The standard InChI is InChI=1S/C11H19N3O2S/c15-17(16)9-3-11(4-10-17)12-5-1-7-14-8-2-6-13-14/h2,6,8,11-12H,1,3-5,7,9-10H2. The summed E-state index contributed by atoms with van der Waals surface area (Å²) >= 11 is 0. The largest absolute Gasteiger partial charge is 0.314 e. The second-order valence-corrected chi connectivity index (χ2v) is 6.81. The molecule has 1 aliphatic heterocycles. The van der Waals surface area contributed by atoms with Crippen molar-refractivity contribution in [1.29, 1.82) is 0 Å². The predicted molar refractivity (Wildman–Crippen MR) is 66.5 cm³/mol. The van der Waals surface area contributed by atoms with Crippen LogP contribution in [0.5, 0.6) is 0 Å². The number of nitrogens with zero attached hydrogens (tertiary/aromatic N) is 2. The Hall–Kier alpha value is -0.880. The van der Waals surface area contributed by atoms with Crippen LogP contribution in [-0.2, 0) is 16.4 Å². The van der Waals surface area contributed by atoms with Gasteiger partial charge in [0.05, 0.1) is 11.5 Å². The molecule has 2 heterocycles. The number of hydrogen-bond acceptors (Lipinski definition) is 4. The van der Waals surface area contributed by atoms with Crippen LogP contribution in [0.25, 0.3) is 0 Å². The van der Waals surface area contributed by atoms with Crippen LogP contribution in [0.4, 0.5) is 0 Å². The van der Waals surface area contributed by atoms with Crippen molar-refractivity contribution in [3.63, 3.8) is 0 Å². The maximum atomic E-state index is 11.2. The SMILES string of the molecule is O=S1(=O)CCC(NCCCn2cccn2)CC1. The van der Waals surface area contributed by atoms with Gasteiger partial charge in [-0.15, -0.1) is 0 Å². The molecule has 0 bridgehead atoms. The van der Waals surface area contributed by atoms with Gasteiger partial charge in [0.1, 0.15) is 9.84 Å². The van der Waals surface area contributed by atoms with Crippen LogP contribution in [0.15, 0.2) is 18.5 Å². The molecule has 0 unspecified atom stereocenters. The summed E-state index contributed by atoms with van der Waals surface area (Å²) in [4.78, 5) is 0. The second kappa shape index (κ2) is 5.64. The van der Waals surface area contributed by atoms with E-state index in [2.05, 4.69) is 10.4 Å². The van der Waals surface area contributed by atoms with Crippen LogP contribution in [-0.4, -0.2) is 42.3 Å². The van der Waals surface area contributed by atoms with Crippen molar-refractivity contribution >= 4 is 9.84 Å². The molecule has 0 amide bonds. The van der Waals surface area contributed by atoms with E-state index in [1.54, 1.807) is 6.20 Å². The molecule has 0 spiro atoms. The Morgan fingerprint density at radius 1 is 1.35 bits per heavy atom. The van der Waals surface area contributed by atoms with Crippen LogP contribution < -0.4 is 5.32 Å². The van der Waals surface area contributed by atoms with Crippen LogP contribution in [0.2, 0.25) is 0 Å². The molecule has 1 N–H and O–H groups in total. The maximum Gasteiger partial charge on any atom is 0.150 e. The van der Waals surface area contributed by atoms with Gasteiger partial charge in [0.15, 0.2) is 0 Å². The molecule has 1 saturated heterocycles. The third-order valence-electron chi connectivity index (χ3n) is 3.11. The Labute approximate surface area is 102 Å². The molecule has 1 fully saturated rings. The van der Waals surface area contributed by atoms with Crippen LogP contribution in [0, 0.1) is 0 Å². The smallest absolute Gasteiger partial charge is 0.150 e. The van der Waals surface area contributed by atoms with E-state index >= 15 is 0 Å². The molecule has 1 aliphatic rings. The molecular formula is C11H19N3O2S. The van der Waals surface area contributed by atoms with E-state index in [0.717, 1.165) is 32.4 Å². The Kier molecular flexibility index (Phi) is 4.17. The van der Waals surface area contributed by atoms with E-state index in [0.29, 0.717) is 17.5 Å². The van der Waals surface area contributed by atoms with Gasteiger partial charge in [-0.1, -0.05) is 0 Å². The second-order valence-electron chi connectivity index (χ2n) is 4.50. The number of nitrogens with one attached hydrogen (secondary N) is 1. The highest BCUT2D eigenvalue weighted by atomic mass is 32.2. The van der Waals surface area contributed by atoms with E-state index in [4.69, 9.17) is 0 Å². The van der Waals surface area contributed by atoms with Crippen LogP contribution in [0.1, 0.15) is 19.3 Å². The quantitative estimate of drug-likeness (QED) is 0.777. The van der Waals surface area contributed by atoms with Gasteiger partial charge in [-0.05, 0) is 31.9 Å². The molecule has 6 heteroatoms. The van der Waals surface area contributed by atoms with Crippen molar-refractivity contribution < 1.29 is 8.42 Å². The van der Waals surface area contributed by atoms with Crippen molar-refractivity contribution in [2.45, 2.75) is 31.8 Å². The normalized spacial score (nSPS) is 20.5. The summed E-state index contributed by atoms with van der Waals surface area (Å²) in [5, 5.41) is 7.55. The summed E-state index contributed by atoms with van der Waals surface area (Å²) in [7, 11) is -2.74. The Bertz CT molecular complexity index is 414. The summed E-state index contributed by atoms with van der Waals surface area (Å²) in [6.45, 7) is 1.83. The first kappa shape index (κ1) is 12.6. The highest BCUT2D eigenvalue weighted by Gasteiger charge is 2.22. The van der Waals surface area contributed by atoms with Crippen molar-refractivity contribution in [2.75, 3.05) is 18.1 Å². The molecule has 1 aromatic heterocycles. The molecule has 5 nitrogen and oxygen atoms in total. The van der Waals surface area contributed by atoms with Gasteiger partial charge in [0.2, 0.25) is 0 Å². The van der Waals surface area contributed by atoms with Crippen molar-refractivity contribution in [3.8, 4) is 0 Å². The monoisotopic (exact) mass is 257 g/mol. The minimum atomic E-state index is -2.74. The Balaban J connectivity index is 1.60. The number of aryl methyl sites for hydroxylation is 1. The molecule has 0 saturated carbocycles. The minimum Gasteiger partial charge on any atom is -0.314 e. The van der Waals surface area contributed by atoms with E-state index in [1.165, 1.54) is 0 Å². The fraction of sp³-hybridized carbons (Fsp3) is 0.727. The summed E-state index contributed by atoms with van der Waals surface area (Å²) < 4.78 is 24.4. The third-order valence-corrected chi connectivity index (χ3v) is 4.83. The van der Waals surface area contributed by atoms with Crippen LogP contribution >= 0.6 is 0 Å². The van der Waals surface area contributed by atoms with Gasteiger partial charge >= 0.3 is 0 Å². The van der Waals surface area contributed by atoms with Crippen LogP contribution in [0.3, 0.4) is 0 Å². The van der Waals surface area contributed by atoms with E-state index in [9.17, 15) is 8.42 Å². The Morgan fingerprint density at radius 3 is 2.76 bits per heavy atom. The van der Waals surface area contributed by atoms with Gasteiger partial charge in [-0.3, -0.25) is 4.68 Å². The average Bonchev–Trinajstić information content (AvgIpc) is 2.79. The zero-order valence-corrected chi connectivity index (χ0v) is 10.7. The first-order valence-electron chi connectivity index (χ1n) is 6.07. The number of rotatable bonds is 5. The van der Waals surface area contributed by atoms with Gasteiger partial charge < -0.3 is 5.32 Å². The molecule has 1 aromatic rings. The minimum absolute atomic E-state index is 0.337. The van der Waals surface area contributed by atoms with Gasteiger partial charge in [-0.25, -0.2) is 8.42 Å². The average molecular weight is 257 g/mol. The first-order chi connectivity index (χ1) is 8.16. The zero-order chi connectivity index (χ0) is 12.1. The lowest BCUT2D eigenvalue weighted by Crippen LogP contribution is -2.38. The molecule has 0 radical (unpaired) electrons. The molecule has 0 aromatic carbocycles. The molecule has 0 aliphatic carbocycles. The van der Waals surface area contributed by atoms with E-state index < -0.39 is 9.84 Å². The van der Waals surface area contributed by atoms with Crippen molar-refractivity contribution in [3.05, 3.63) is 18.5 Å². The fourth-order valence-electron chi connectivity index (χ4n) is 2.07. The van der Waals surface area contributed by atoms with Gasteiger partial charge in [0, 0.05) is 25.0 Å². The highest BCUT2D eigenvalue weighted by molar-refractivity contribution is 7.91. The Morgan fingerprint density at radius 2 is 2.12 bits per heavy atom. The maximum absolute atomic E-state index is 11.2. The van der Waals surface area contributed by atoms with Gasteiger partial charge in [0.25, 0.3) is 0 Å². The first-order valence-corrected chi connectivity index (χ1v) is 7.89. The van der Waals surface area contributed by atoms with Crippen molar-refractivity contribution in [2.24, 2.45) is 0 Å². The van der Waals surface area contributed by atoms with E-state index in [-0.39, 0.29) is 0 Å². The molecule has 17 heavy (non-hydrogen) atoms. The van der Waals surface area contributed by atoms with Crippen molar-refractivity contribution in [1.82, 2.24) is 15.1 Å². The van der Waals surface area contributed by atoms with Gasteiger partial charge in [-0.2, -0.15) is 5.10 Å². The van der Waals surface area contributed by atoms with E-state index in [1.807, 2.05) is 16.9 Å². The topological polar surface area (TPSA) is 64.0 Å². The lowest BCUT2D eigenvalue weighted by molar-refractivity contribution is 0.444. The summed E-state index contributed by atoms with van der Waals surface area (Å²) in [6, 6.07) is 2.29. The lowest BCUT2D eigenvalue weighted by Gasteiger charge is -2.23. The predicted octanol–water partition coefficient (Wildman–Crippen LogP) is 0.440. The molecule has 2 rings (SSSR count). The summed E-state index contributed by atoms with van der Waals surface area (Å²) in [5.74, 6) is 0.674. The molecule has 96 valence electrons. The number of aromatic nitrogens is 2. The zero-order valence-electron chi connectivity index (χ0n) is 9.88. The fourth-order valence-corrected chi connectivity index (χ4v) is 3.57. The summed E-state index contributed by atoms with van der Waals surface area (Å²) in [5.41, 5.74) is 0.